The maximum absolute atomic E-state index is 9.10. The number of rotatable bonds is 0. The number of halogens is 2. The van der Waals surface area contributed by atoms with Gasteiger partial charge in [-0.05, 0) is 0 Å². The first-order chi connectivity index (χ1) is 4.37. The van der Waals surface area contributed by atoms with Crippen molar-refractivity contribution >= 4 is 19.3 Å². The Balaban J connectivity index is -0.0000000185. The third-order valence-corrected chi connectivity index (χ3v) is 0.183. The normalized spacial score (nSPS) is 5.46. The summed E-state index contributed by atoms with van der Waals surface area (Å²) in [6.45, 7) is 0. The number of carboxylic acid groups (broad SMARTS) is 2. The maximum Gasteiger partial charge on any atom is 1.00 e. The van der Waals surface area contributed by atoms with Crippen molar-refractivity contribution in [3.05, 3.63) is 0 Å². The molecule has 7 nitrogen and oxygen atoms in total. The third-order valence-electron chi connectivity index (χ3n) is 0.183. The molecule has 0 spiro atoms. The Morgan fingerprint density at radius 2 is 1.00 bits per heavy atom. The molecule has 0 fully saturated rings. The van der Waals surface area contributed by atoms with Gasteiger partial charge in [-0.15, -0.1) is 0 Å². The van der Waals surface area contributed by atoms with Crippen LogP contribution in [0.15, 0.2) is 0 Å². The van der Waals surface area contributed by atoms with Gasteiger partial charge in [0.1, 0.15) is 0 Å². The van der Waals surface area contributed by atoms with E-state index in [9.17, 15) is 0 Å². The number of hydrogen-bond donors (Lipinski definition) is 5. The van der Waals surface area contributed by atoms with Gasteiger partial charge in [0.15, 0.2) is 0 Å². The average molecular weight is 216 g/mol. The van der Waals surface area contributed by atoms with Crippen LogP contribution in [0.25, 0.3) is 0 Å². The predicted octanol–water partition coefficient (Wildman–Crippen LogP) is -5.47. The van der Waals surface area contributed by atoms with Crippen LogP contribution in [0.2, 0.25) is 0 Å². The molecule has 0 rings (SSSR count). The first-order valence-electron chi connectivity index (χ1n) is 1.88. The minimum absolute atomic E-state index is 0. The van der Waals surface area contributed by atoms with Crippen molar-refractivity contribution in [2.45, 2.75) is 0 Å². The van der Waals surface area contributed by atoms with Gasteiger partial charge in [0, 0.05) is 0 Å². The van der Waals surface area contributed by atoms with Crippen LogP contribution in [0, 0.1) is 0 Å². The fourth-order valence-corrected chi connectivity index (χ4v) is 0. The number of carbonyl (C=O) groups is 2. The van der Waals surface area contributed by atoms with Crippen molar-refractivity contribution in [1.82, 2.24) is 0 Å². The summed E-state index contributed by atoms with van der Waals surface area (Å²) >= 11 is 0. The van der Waals surface area contributed by atoms with Gasteiger partial charge >= 0.3 is 48.8 Å². The van der Waals surface area contributed by atoms with Crippen LogP contribution in [0.1, 0.15) is 1.43 Å². The molecule has 11 heteroatoms. The summed E-state index contributed by atoms with van der Waals surface area (Å²) in [4.78, 5) is 18.2. The van der Waals surface area contributed by atoms with Crippen LogP contribution < -0.4 is 29.6 Å². The van der Waals surface area contributed by atoms with Gasteiger partial charge in [-0.1, -0.05) is 0 Å². The third kappa shape index (κ3) is 79.5. The Morgan fingerprint density at radius 3 is 1.00 bits per heavy atom. The molecule has 0 amide bonds. The van der Waals surface area contributed by atoms with E-state index in [2.05, 4.69) is 0 Å². The molecule has 5 N–H and O–H groups in total. The van der Waals surface area contributed by atoms with Crippen molar-refractivity contribution < 1.29 is 75.3 Å². The summed E-state index contributed by atoms with van der Waals surface area (Å²) in [6.07, 6.45) is 0. The summed E-state index contributed by atoms with van der Waals surface area (Å²) in [5.74, 6) is -3.65. The van der Waals surface area contributed by atoms with Gasteiger partial charge < -0.3 is 26.7 Å². The molecule has 0 aromatic rings. The molecule has 0 aliphatic heterocycles. The smallest absolute Gasteiger partial charge is 1.00 e. The second kappa shape index (κ2) is 17.7. The Labute approximate surface area is 94.7 Å². The van der Waals surface area contributed by atoms with E-state index in [0.29, 0.717) is 0 Å². The van der Waals surface area contributed by atoms with Crippen LogP contribution in [-0.2, 0) is 9.59 Å². The van der Waals surface area contributed by atoms with Gasteiger partial charge in [-0.25, -0.2) is 9.59 Å². The van der Waals surface area contributed by atoms with E-state index < -0.39 is 19.3 Å². The van der Waals surface area contributed by atoms with E-state index in [1.165, 1.54) is 0 Å². The molecule has 13 heavy (non-hydrogen) atoms. The second-order valence-electron chi connectivity index (χ2n) is 0.957. The van der Waals surface area contributed by atoms with Gasteiger partial charge in [-0.2, -0.15) is 0 Å². The molecule has 0 atom stereocenters. The van der Waals surface area contributed by atoms with E-state index in [-0.39, 0.29) is 40.4 Å². The first-order valence-corrected chi connectivity index (χ1v) is 1.88. The molecule has 0 saturated carbocycles. The monoisotopic (exact) mass is 216 g/mol. The molecule has 0 bridgehead atoms. The van der Waals surface area contributed by atoms with E-state index >= 15 is 0 Å². The summed E-state index contributed by atoms with van der Waals surface area (Å²) in [6, 6.07) is 0. The largest absolute Gasteiger partial charge is 1.00 e. The van der Waals surface area contributed by atoms with Crippen molar-refractivity contribution in [3.8, 4) is 0 Å². The maximum atomic E-state index is 9.10. The fourth-order valence-electron chi connectivity index (χ4n) is 0. The van der Waals surface area contributed by atoms with Crippen molar-refractivity contribution in [1.29, 1.82) is 0 Å². The van der Waals surface area contributed by atoms with E-state index in [0.717, 1.165) is 0 Å². The van der Waals surface area contributed by atoms with E-state index in [1.54, 1.807) is 0 Å². The zero-order valence-electron chi connectivity index (χ0n) is 7.45. The molecular weight excluding hydrogens is 208 g/mol. The molecule has 0 aromatic heterocycles. The molecule has 0 aliphatic carbocycles. The van der Waals surface area contributed by atoms with Crippen LogP contribution in [0.5, 0.6) is 0 Å². The van der Waals surface area contributed by atoms with Crippen LogP contribution >= 0.6 is 0 Å². The van der Waals surface area contributed by atoms with Crippen LogP contribution in [0.4, 0.5) is 9.41 Å². The van der Waals surface area contributed by atoms with Gasteiger partial charge in [0.25, 0.3) is 0 Å². The Bertz CT molecular complexity index is 122. The van der Waals surface area contributed by atoms with Crippen molar-refractivity contribution in [2.24, 2.45) is 0 Å². The van der Waals surface area contributed by atoms with Crippen molar-refractivity contribution in [3.63, 3.8) is 0 Å². The van der Waals surface area contributed by atoms with Crippen LogP contribution in [0.3, 0.4) is 0 Å². The molecule has 0 unspecified atom stereocenters. The predicted molar refractivity (Wildman–Crippen MR) is 33.8 cm³/mol. The van der Waals surface area contributed by atoms with Gasteiger partial charge in [0.05, 0.1) is 0 Å². The number of aliphatic carboxylic acids is 2. The molecule has 0 heterocycles. The molecule has 76 valence electrons. The minimum Gasteiger partial charge on any atom is -1.00 e. The SMILES string of the molecule is F.F.O=C(O)C(=O)O.OB(O)O.[H-].[Na+]. The average Bonchev–Trinajstić information content (AvgIpc) is 1.63. The summed E-state index contributed by atoms with van der Waals surface area (Å²) in [5.41, 5.74) is 0. The molecule has 0 aromatic carbocycles. The number of hydrogen-bond acceptors (Lipinski definition) is 5. The van der Waals surface area contributed by atoms with Gasteiger partial charge in [-0.3, -0.25) is 9.41 Å². The van der Waals surface area contributed by atoms with Crippen LogP contribution in [-0.4, -0.2) is 44.5 Å². The molecular formula is C2H8BF2NaO7. The van der Waals surface area contributed by atoms with E-state index in [4.69, 9.17) is 34.9 Å². The summed E-state index contributed by atoms with van der Waals surface area (Å²) in [7, 11) is -2.17. The first kappa shape index (κ1) is 29.3. The fraction of sp³-hybridized carbons (Fsp3) is 0. The zero-order chi connectivity index (χ0) is 8.73. The number of carboxylic acids is 2. The summed E-state index contributed by atoms with van der Waals surface area (Å²) in [5, 5.41) is 36.3. The minimum atomic E-state index is -2.17. The Morgan fingerprint density at radius 1 is 0.923 bits per heavy atom. The Kier molecular flexibility index (Phi) is 40.0. The van der Waals surface area contributed by atoms with E-state index in [1.807, 2.05) is 0 Å². The van der Waals surface area contributed by atoms with Crippen molar-refractivity contribution in [2.75, 3.05) is 0 Å². The Hall–Kier alpha value is -0.255. The second-order valence-corrected chi connectivity index (χ2v) is 0.957. The molecule has 0 radical (unpaired) electrons. The zero-order valence-corrected chi connectivity index (χ0v) is 8.45. The summed E-state index contributed by atoms with van der Waals surface area (Å²) < 4.78 is 0. The molecule has 0 aliphatic rings. The molecule has 0 saturated heterocycles. The van der Waals surface area contributed by atoms with Gasteiger partial charge in [0.2, 0.25) is 0 Å². The topological polar surface area (TPSA) is 135 Å². The standard InChI is InChI=1S/C2H2O4.BH3O3.2FH.Na.H/c3-1(4)2(5)6;2-1(3)4;;;;/h(H,3,4)(H,5,6);2-4H;2*1H;;/q;;;;+1;-1. The quantitative estimate of drug-likeness (QED) is 0.201.